The van der Waals surface area contributed by atoms with Crippen LogP contribution in [-0.2, 0) is 11.3 Å². The molecule has 26 heavy (non-hydrogen) atoms. The summed E-state index contributed by atoms with van der Waals surface area (Å²) in [5.74, 6) is -1.15. The molecule has 3 aromatic rings. The van der Waals surface area contributed by atoms with Crippen LogP contribution in [0.5, 0.6) is 0 Å². The predicted molar refractivity (Wildman–Crippen MR) is 102 cm³/mol. The number of ketones is 1. The maximum absolute atomic E-state index is 12.7. The Hall–Kier alpha value is -2.44. The molecule has 0 saturated carbocycles. The normalized spacial score (nSPS) is 11.1. The Morgan fingerprint density at radius 1 is 1.23 bits per heavy atom. The molecule has 134 valence electrons. The van der Waals surface area contributed by atoms with Gasteiger partial charge in [-0.15, -0.1) is 0 Å². The van der Waals surface area contributed by atoms with E-state index in [1.807, 2.05) is 4.57 Å². The zero-order chi connectivity index (χ0) is 18.8. The summed E-state index contributed by atoms with van der Waals surface area (Å²) < 4.78 is 1.88. The Morgan fingerprint density at radius 2 is 1.92 bits per heavy atom. The number of anilines is 1. The molecular formula is C18H16Cl2N4O2. The Kier molecular flexibility index (Phi) is 5.25. The molecule has 1 amide bonds. The summed E-state index contributed by atoms with van der Waals surface area (Å²) in [4.78, 5) is 33.3. The largest absolute Gasteiger partial charge is 0.331 e. The highest BCUT2D eigenvalue weighted by atomic mass is 35.5. The van der Waals surface area contributed by atoms with Crippen molar-refractivity contribution in [2.24, 2.45) is 5.92 Å². The minimum Gasteiger partial charge on any atom is -0.331 e. The number of amides is 1. The van der Waals surface area contributed by atoms with Crippen LogP contribution in [-0.4, -0.2) is 26.2 Å². The minimum atomic E-state index is -0.826. The van der Waals surface area contributed by atoms with Gasteiger partial charge in [0.15, 0.2) is 0 Å². The molecule has 0 radical (unpaired) electrons. The molecule has 3 heterocycles. The van der Waals surface area contributed by atoms with Gasteiger partial charge in [-0.25, -0.2) is 4.98 Å². The second kappa shape index (κ2) is 7.43. The second-order valence-corrected chi connectivity index (χ2v) is 7.04. The fourth-order valence-electron chi connectivity index (χ4n) is 2.66. The van der Waals surface area contributed by atoms with Gasteiger partial charge in [0.2, 0.25) is 0 Å². The summed E-state index contributed by atoms with van der Waals surface area (Å²) in [6.45, 7) is 4.82. The highest BCUT2D eigenvalue weighted by Gasteiger charge is 2.23. The Balaban J connectivity index is 1.96. The molecule has 0 spiro atoms. The van der Waals surface area contributed by atoms with Crippen molar-refractivity contribution in [2.75, 3.05) is 5.32 Å². The molecule has 0 fully saturated rings. The molecule has 0 unspecified atom stereocenters. The first-order valence-corrected chi connectivity index (χ1v) is 8.72. The van der Waals surface area contributed by atoms with Crippen molar-refractivity contribution in [2.45, 2.75) is 20.4 Å². The Labute approximate surface area is 160 Å². The first kappa shape index (κ1) is 18.4. The van der Waals surface area contributed by atoms with Gasteiger partial charge in [-0.2, -0.15) is 0 Å². The standard InChI is InChI=1S/C18H16Cl2N4O2/c1-10(2)8-24-9-12(11-4-3-5-22-17(11)24)16(25)18(26)23-15-13(19)6-21-7-14(15)20/h3-7,9-10H,8H2,1-2H3,(H,21,23,26). The molecule has 8 heteroatoms. The van der Waals surface area contributed by atoms with Crippen LogP contribution in [0.25, 0.3) is 11.0 Å². The van der Waals surface area contributed by atoms with E-state index in [9.17, 15) is 9.59 Å². The number of Topliss-reactive ketones (excluding diaryl/α,β-unsaturated/α-hetero) is 1. The fraction of sp³-hybridized carbons (Fsp3) is 0.222. The maximum atomic E-state index is 12.7. The molecule has 0 aliphatic rings. The lowest BCUT2D eigenvalue weighted by molar-refractivity contribution is -0.112. The van der Waals surface area contributed by atoms with Gasteiger partial charge in [0, 0.05) is 36.7 Å². The molecule has 6 nitrogen and oxygen atoms in total. The van der Waals surface area contributed by atoms with Crippen LogP contribution in [0.2, 0.25) is 10.0 Å². The summed E-state index contributed by atoms with van der Waals surface area (Å²) in [7, 11) is 0. The van der Waals surface area contributed by atoms with Crippen LogP contribution in [0, 0.1) is 5.92 Å². The van der Waals surface area contributed by atoms with Crippen LogP contribution in [0.15, 0.2) is 36.9 Å². The monoisotopic (exact) mass is 390 g/mol. The van der Waals surface area contributed by atoms with Crippen LogP contribution >= 0.6 is 23.2 Å². The number of fused-ring (bicyclic) bond motifs is 1. The van der Waals surface area contributed by atoms with Crippen molar-refractivity contribution < 1.29 is 9.59 Å². The maximum Gasteiger partial charge on any atom is 0.296 e. The van der Waals surface area contributed by atoms with Gasteiger partial charge in [-0.05, 0) is 18.1 Å². The zero-order valence-electron chi connectivity index (χ0n) is 14.2. The number of carbonyl (C=O) groups is 2. The van der Waals surface area contributed by atoms with Crippen molar-refractivity contribution in [3.8, 4) is 0 Å². The lowest BCUT2D eigenvalue weighted by Gasteiger charge is -2.07. The molecule has 0 aromatic carbocycles. The third kappa shape index (κ3) is 3.57. The average Bonchev–Trinajstić information content (AvgIpc) is 2.95. The van der Waals surface area contributed by atoms with Crippen molar-refractivity contribution in [1.29, 1.82) is 0 Å². The van der Waals surface area contributed by atoms with E-state index in [0.29, 0.717) is 23.5 Å². The Morgan fingerprint density at radius 3 is 2.58 bits per heavy atom. The zero-order valence-corrected chi connectivity index (χ0v) is 15.7. The van der Waals surface area contributed by atoms with Crippen molar-refractivity contribution >= 4 is 51.6 Å². The van der Waals surface area contributed by atoms with Gasteiger partial charge >= 0.3 is 0 Å². The number of nitrogens with one attached hydrogen (secondary N) is 1. The second-order valence-electron chi connectivity index (χ2n) is 6.22. The number of pyridine rings is 2. The molecule has 0 aliphatic carbocycles. The molecule has 3 rings (SSSR count). The quantitative estimate of drug-likeness (QED) is 0.522. The van der Waals surface area contributed by atoms with E-state index in [4.69, 9.17) is 23.2 Å². The molecule has 3 aromatic heterocycles. The van der Waals surface area contributed by atoms with E-state index in [2.05, 4.69) is 29.1 Å². The summed E-state index contributed by atoms with van der Waals surface area (Å²) in [6.07, 6.45) is 6.00. The smallest absolute Gasteiger partial charge is 0.296 e. The van der Waals surface area contributed by atoms with Crippen molar-refractivity contribution in [3.63, 3.8) is 0 Å². The van der Waals surface area contributed by atoms with E-state index >= 15 is 0 Å². The van der Waals surface area contributed by atoms with Gasteiger partial charge in [0.25, 0.3) is 11.7 Å². The number of rotatable bonds is 5. The van der Waals surface area contributed by atoms with Gasteiger partial charge in [0.1, 0.15) is 5.65 Å². The highest BCUT2D eigenvalue weighted by Crippen LogP contribution is 2.29. The number of nitrogens with zero attached hydrogens (tertiary/aromatic N) is 3. The van der Waals surface area contributed by atoms with Crippen LogP contribution in [0.4, 0.5) is 5.69 Å². The number of carbonyl (C=O) groups excluding carboxylic acids is 2. The number of hydrogen-bond donors (Lipinski definition) is 1. The topological polar surface area (TPSA) is 76.9 Å². The highest BCUT2D eigenvalue weighted by molar-refractivity contribution is 6.50. The number of hydrogen-bond acceptors (Lipinski definition) is 4. The number of aromatic nitrogens is 3. The first-order valence-electron chi connectivity index (χ1n) is 7.97. The van der Waals surface area contributed by atoms with Crippen LogP contribution < -0.4 is 5.32 Å². The van der Waals surface area contributed by atoms with E-state index in [1.165, 1.54) is 12.4 Å². The van der Waals surface area contributed by atoms with E-state index in [0.717, 1.165) is 0 Å². The van der Waals surface area contributed by atoms with Gasteiger partial charge in [-0.1, -0.05) is 37.0 Å². The van der Waals surface area contributed by atoms with Crippen LogP contribution in [0.1, 0.15) is 24.2 Å². The SMILES string of the molecule is CC(C)Cn1cc(C(=O)C(=O)Nc2c(Cl)cncc2Cl)c2cccnc21. The third-order valence-electron chi connectivity index (χ3n) is 3.74. The fourth-order valence-corrected chi connectivity index (χ4v) is 3.12. The summed E-state index contributed by atoms with van der Waals surface area (Å²) >= 11 is 12.0. The third-order valence-corrected chi connectivity index (χ3v) is 4.31. The van der Waals surface area contributed by atoms with E-state index in [-0.39, 0.29) is 21.3 Å². The Bertz CT molecular complexity index is 978. The lowest BCUT2D eigenvalue weighted by atomic mass is 10.1. The van der Waals surface area contributed by atoms with E-state index < -0.39 is 11.7 Å². The molecule has 0 atom stereocenters. The molecule has 1 N–H and O–H groups in total. The molecule has 0 bridgehead atoms. The van der Waals surface area contributed by atoms with Crippen LogP contribution in [0.3, 0.4) is 0 Å². The lowest BCUT2D eigenvalue weighted by Crippen LogP contribution is -2.23. The number of halogens is 2. The van der Waals surface area contributed by atoms with Gasteiger partial charge < -0.3 is 9.88 Å². The minimum absolute atomic E-state index is 0.155. The van der Waals surface area contributed by atoms with Crippen molar-refractivity contribution in [3.05, 3.63) is 52.5 Å². The van der Waals surface area contributed by atoms with Crippen molar-refractivity contribution in [1.82, 2.24) is 14.5 Å². The van der Waals surface area contributed by atoms with Gasteiger partial charge in [-0.3, -0.25) is 14.6 Å². The molecular weight excluding hydrogens is 375 g/mol. The van der Waals surface area contributed by atoms with E-state index in [1.54, 1.807) is 24.5 Å². The predicted octanol–water partition coefficient (Wildman–Crippen LogP) is 4.22. The van der Waals surface area contributed by atoms with Gasteiger partial charge in [0.05, 0.1) is 21.3 Å². The molecule has 0 aliphatic heterocycles. The first-order chi connectivity index (χ1) is 12.4. The average molecular weight is 391 g/mol. The summed E-state index contributed by atoms with van der Waals surface area (Å²) in [6, 6.07) is 3.50. The molecule has 0 saturated heterocycles. The summed E-state index contributed by atoms with van der Waals surface area (Å²) in [5, 5.41) is 3.40. The summed E-state index contributed by atoms with van der Waals surface area (Å²) in [5.41, 5.74) is 1.11.